The molecule has 3 rings (SSSR count). The average molecular weight is 329 g/mol. The molecule has 1 aliphatic rings. The maximum absolute atomic E-state index is 5.41. The number of hydrogen-bond acceptors (Lipinski definition) is 4. The molecule has 0 bridgehead atoms. The Balaban J connectivity index is 1.52. The summed E-state index contributed by atoms with van der Waals surface area (Å²) in [6.45, 7) is 4.58. The molecule has 0 aliphatic carbocycles. The van der Waals surface area contributed by atoms with Crippen LogP contribution >= 0.6 is 0 Å². The largest absolute Gasteiger partial charge is 0.454 e. The standard InChI is InChI=1S/C17H23N5O2/c1-3-18-17(20-9-14-10-21-22(2)11-14)19-7-6-13-4-5-15-16(8-13)24-12-23-15/h4-5,8,10-11H,3,6-7,9,12H2,1-2H3,(H2,18,19,20). The van der Waals surface area contributed by atoms with Crippen molar-refractivity contribution in [1.29, 1.82) is 0 Å². The normalized spacial score (nSPS) is 13.2. The van der Waals surface area contributed by atoms with Crippen LogP contribution in [0.5, 0.6) is 11.5 Å². The molecule has 0 atom stereocenters. The molecule has 128 valence electrons. The third-order valence-electron chi connectivity index (χ3n) is 3.67. The molecule has 2 heterocycles. The lowest BCUT2D eigenvalue weighted by atomic mass is 10.1. The lowest BCUT2D eigenvalue weighted by Crippen LogP contribution is -2.38. The first-order valence-electron chi connectivity index (χ1n) is 8.13. The van der Waals surface area contributed by atoms with Crippen LogP contribution in [-0.4, -0.2) is 35.6 Å². The number of nitrogens with one attached hydrogen (secondary N) is 2. The zero-order valence-electron chi connectivity index (χ0n) is 14.1. The van der Waals surface area contributed by atoms with Gasteiger partial charge in [-0.3, -0.25) is 4.68 Å². The fourth-order valence-electron chi connectivity index (χ4n) is 2.49. The third kappa shape index (κ3) is 4.18. The number of aryl methyl sites for hydroxylation is 1. The number of hydrogen-bond donors (Lipinski definition) is 2. The second-order valence-electron chi connectivity index (χ2n) is 5.58. The van der Waals surface area contributed by atoms with E-state index in [-0.39, 0.29) is 0 Å². The van der Waals surface area contributed by atoms with Crippen molar-refractivity contribution in [3.05, 3.63) is 41.7 Å². The molecule has 0 saturated carbocycles. The van der Waals surface area contributed by atoms with Crippen molar-refractivity contribution >= 4 is 5.96 Å². The minimum absolute atomic E-state index is 0.308. The highest BCUT2D eigenvalue weighted by atomic mass is 16.7. The van der Waals surface area contributed by atoms with E-state index in [1.54, 1.807) is 4.68 Å². The highest BCUT2D eigenvalue weighted by Gasteiger charge is 2.12. The van der Waals surface area contributed by atoms with Crippen LogP contribution in [0.2, 0.25) is 0 Å². The lowest BCUT2D eigenvalue weighted by molar-refractivity contribution is 0.174. The molecule has 0 spiro atoms. The van der Waals surface area contributed by atoms with Gasteiger partial charge in [0.15, 0.2) is 17.5 Å². The summed E-state index contributed by atoms with van der Waals surface area (Å²) in [5.74, 6) is 2.45. The minimum Gasteiger partial charge on any atom is -0.454 e. The topological polar surface area (TPSA) is 72.7 Å². The zero-order valence-corrected chi connectivity index (χ0v) is 14.1. The molecular weight excluding hydrogens is 306 g/mol. The van der Waals surface area contributed by atoms with Gasteiger partial charge in [0.2, 0.25) is 6.79 Å². The van der Waals surface area contributed by atoms with Gasteiger partial charge in [-0.25, -0.2) is 4.99 Å². The predicted octanol–water partition coefficient (Wildman–Crippen LogP) is 1.45. The molecule has 1 aromatic carbocycles. The van der Waals surface area contributed by atoms with Crippen molar-refractivity contribution in [3.8, 4) is 11.5 Å². The molecule has 7 nitrogen and oxygen atoms in total. The van der Waals surface area contributed by atoms with Crippen LogP contribution in [0.4, 0.5) is 0 Å². The first kappa shape index (κ1) is 16.2. The average Bonchev–Trinajstić information content (AvgIpc) is 3.20. The fraction of sp³-hybridized carbons (Fsp3) is 0.412. The molecule has 2 aromatic rings. The van der Waals surface area contributed by atoms with E-state index in [2.05, 4.69) is 33.7 Å². The summed E-state index contributed by atoms with van der Waals surface area (Å²) in [4.78, 5) is 4.58. The van der Waals surface area contributed by atoms with Crippen LogP contribution in [-0.2, 0) is 20.0 Å². The Morgan fingerprint density at radius 1 is 1.25 bits per heavy atom. The molecule has 0 radical (unpaired) electrons. The summed E-state index contributed by atoms with van der Waals surface area (Å²) in [5.41, 5.74) is 2.29. The molecular formula is C17H23N5O2. The number of rotatable bonds is 6. The van der Waals surface area contributed by atoms with Crippen LogP contribution in [0.25, 0.3) is 0 Å². The smallest absolute Gasteiger partial charge is 0.231 e. The maximum atomic E-state index is 5.41. The molecule has 7 heteroatoms. The summed E-state index contributed by atoms with van der Waals surface area (Å²) in [6, 6.07) is 6.05. The summed E-state index contributed by atoms with van der Waals surface area (Å²) >= 11 is 0. The van der Waals surface area contributed by atoms with Gasteiger partial charge in [0.1, 0.15) is 0 Å². The van der Waals surface area contributed by atoms with Crippen LogP contribution in [0, 0.1) is 0 Å². The van der Waals surface area contributed by atoms with Gasteiger partial charge in [-0.1, -0.05) is 6.07 Å². The number of nitrogens with zero attached hydrogens (tertiary/aromatic N) is 3. The van der Waals surface area contributed by atoms with Gasteiger partial charge in [0.25, 0.3) is 0 Å². The van der Waals surface area contributed by atoms with Gasteiger partial charge in [0, 0.05) is 31.9 Å². The van der Waals surface area contributed by atoms with Crippen molar-refractivity contribution in [3.63, 3.8) is 0 Å². The zero-order chi connectivity index (χ0) is 16.8. The Kier molecular flexibility index (Phi) is 5.20. The Hall–Kier alpha value is -2.70. The molecule has 0 saturated heterocycles. The Morgan fingerprint density at radius 2 is 2.12 bits per heavy atom. The van der Waals surface area contributed by atoms with Crippen molar-refractivity contribution in [2.45, 2.75) is 19.9 Å². The third-order valence-corrected chi connectivity index (χ3v) is 3.67. The molecule has 1 aliphatic heterocycles. The molecule has 2 N–H and O–H groups in total. The van der Waals surface area contributed by atoms with Gasteiger partial charge in [-0.15, -0.1) is 0 Å². The summed E-state index contributed by atoms with van der Waals surface area (Å²) in [7, 11) is 1.90. The minimum atomic E-state index is 0.308. The Bertz CT molecular complexity index is 711. The van der Waals surface area contributed by atoms with E-state index in [4.69, 9.17) is 9.47 Å². The maximum Gasteiger partial charge on any atom is 0.231 e. The molecule has 0 amide bonds. The number of aliphatic imine (C=N–C) groups is 1. The van der Waals surface area contributed by atoms with E-state index < -0.39 is 0 Å². The van der Waals surface area contributed by atoms with Crippen molar-refractivity contribution < 1.29 is 9.47 Å². The van der Waals surface area contributed by atoms with Gasteiger partial charge in [-0.2, -0.15) is 5.10 Å². The van der Waals surface area contributed by atoms with Gasteiger partial charge in [0.05, 0.1) is 12.7 Å². The van der Waals surface area contributed by atoms with E-state index in [0.29, 0.717) is 13.3 Å². The number of ether oxygens (including phenoxy) is 2. The van der Waals surface area contributed by atoms with E-state index >= 15 is 0 Å². The number of fused-ring (bicyclic) bond motifs is 1. The highest BCUT2D eigenvalue weighted by Crippen LogP contribution is 2.32. The number of aromatic nitrogens is 2. The number of guanidine groups is 1. The van der Waals surface area contributed by atoms with Gasteiger partial charge in [-0.05, 0) is 31.0 Å². The molecule has 0 unspecified atom stereocenters. The van der Waals surface area contributed by atoms with Crippen LogP contribution < -0.4 is 20.1 Å². The first-order chi connectivity index (χ1) is 11.7. The van der Waals surface area contributed by atoms with E-state index in [0.717, 1.165) is 42.5 Å². The fourth-order valence-corrected chi connectivity index (χ4v) is 2.49. The SMILES string of the molecule is CCNC(=NCc1cnn(C)c1)NCCc1ccc2c(c1)OCO2. The van der Waals surface area contributed by atoms with E-state index in [9.17, 15) is 0 Å². The monoisotopic (exact) mass is 329 g/mol. The van der Waals surface area contributed by atoms with Crippen molar-refractivity contribution in [2.24, 2.45) is 12.0 Å². The van der Waals surface area contributed by atoms with Gasteiger partial charge < -0.3 is 20.1 Å². The summed E-state index contributed by atoms with van der Waals surface area (Å²) in [5, 5.41) is 10.8. The predicted molar refractivity (Wildman–Crippen MR) is 92.3 cm³/mol. The van der Waals surface area contributed by atoms with Crippen LogP contribution in [0.15, 0.2) is 35.6 Å². The highest BCUT2D eigenvalue weighted by molar-refractivity contribution is 5.79. The first-order valence-corrected chi connectivity index (χ1v) is 8.13. The summed E-state index contributed by atoms with van der Waals surface area (Å²) in [6.07, 6.45) is 4.69. The summed E-state index contributed by atoms with van der Waals surface area (Å²) < 4.78 is 12.5. The van der Waals surface area contributed by atoms with Crippen LogP contribution in [0.1, 0.15) is 18.1 Å². The quantitative estimate of drug-likeness (QED) is 0.620. The van der Waals surface area contributed by atoms with Crippen molar-refractivity contribution in [1.82, 2.24) is 20.4 Å². The Morgan fingerprint density at radius 3 is 2.92 bits per heavy atom. The second kappa shape index (κ2) is 7.72. The van der Waals surface area contributed by atoms with E-state index in [1.807, 2.05) is 31.6 Å². The second-order valence-corrected chi connectivity index (χ2v) is 5.58. The van der Waals surface area contributed by atoms with Crippen LogP contribution in [0.3, 0.4) is 0 Å². The van der Waals surface area contributed by atoms with Gasteiger partial charge >= 0.3 is 0 Å². The number of benzene rings is 1. The molecule has 24 heavy (non-hydrogen) atoms. The van der Waals surface area contributed by atoms with E-state index in [1.165, 1.54) is 5.56 Å². The lowest BCUT2D eigenvalue weighted by Gasteiger charge is -2.11. The van der Waals surface area contributed by atoms with Crippen molar-refractivity contribution in [2.75, 3.05) is 19.9 Å². The Labute approximate surface area is 141 Å². The molecule has 1 aromatic heterocycles. The molecule has 0 fully saturated rings.